The van der Waals surface area contributed by atoms with Gasteiger partial charge in [-0.2, -0.15) is 0 Å². The van der Waals surface area contributed by atoms with Gasteiger partial charge >= 0.3 is 5.97 Å². The van der Waals surface area contributed by atoms with Crippen LogP contribution >= 0.6 is 0 Å². The van der Waals surface area contributed by atoms with Crippen LogP contribution in [0.1, 0.15) is 40.0 Å². The molecule has 0 saturated heterocycles. The average Bonchev–Trinajstić information content (AvgIpc) is 2.33. The first-order valence-corrected chi connectivity index (χ1v) is 6.73. The molecule has 1 amide bonds. The number of rotatable bonds is 7. The fraction of sp³-hybridized carbons (Fsp3) is 0.857. The molecule has 0 aliphatic heterocycles. The summed E-state index contributed by atoms with van der Waals surface area (Å²) in [6, 6.07) is 0. The Morgan fingerprint density at radius 2 is 1.89 bits per heavy atom. The summed E-state index contributed by atoms with van der Waals surface area (Å²) >= 11 is 0. The molecule has 0 rings (SSSR count). The molecule has 0 radical (unpaired) electrons. The molecule has 0 bridgehead atoms. The third-order valence-corrected chi connectivity index (χ3v) is 2.97. The van der Waals surface area contributed by atoms with Crippen molar-refractivity contribution >= 4 is 11.9 Å². The van der Waals surface area contributed by atoms with E-state index in [4.69, 9.17) is 5.73 Å². The lowest BCUT2D eigenvalue weighted by Crippen LogP contribution is -2.39. The van der Waals surface area contributed by atoms with Crippen LogP contribution in [0.4, 0.5) is 0 Å². The molecule has 1 atom stereocenters. The van der Waals surface area contributed by atoms with E-state index in [2.05, 4.69) is 25.5 Å². The Morgan fingerprint density at radius 1 is 1.32 bits per heavy atom. The number of nitrogens with two attached hydrogens (primary N) is 1. The van der Waals surface area contributed by atoms with Crippen molar-refractivity contribution in [2.24, 2.45) is 17.1 Å². The van der Waals surface area contributed by atoms with Gasteiger partial charge < -0.3 is 15.4 Å². The first-order chi connectivity index (χ1) is 8.71. The quantitative estimate of drug-likeness (QED) is 0.711. The predicted molar refractivity (Wildman–Crippen MR) is 75.5 cm³/mol. The van der Waals surface area contributed by atoms with Gasteiger partial charge in [0, 0.05) is 26.6 Å². The second-order valence-corrected chi connectivity index (χ2v) is 6.14. The van der Waals surface area contributed by atoms with Crippen LogP contribution in [0.25, 0.3) is 0 Å². The molecule has 1 unspecified atom stereocenters. The van der Waals surface area contributed by atoms with Crippen molar-refractivity contribution in [1.82, 2.24) is 4.90 Å². The SMILES string of the molecule is COC(=O)CCCN(C)C(=O)C(CN)CC(C)(C)C. The fourth-order valence-electron chi connectivity index (χ4n) is 2.00. The molecule has 112 valence electrons. The minimum Gasteiger partial charge on any atom is -0.469 e. The van der Waals surface area contributed by atoms with Crippen molar-refractivity contribution in [2.75, 3.05) is 27.2 Å². The van der Waals surface area contributed by atoms with Gasteiger partial charge in [0.1, 0.15) is 0 Å². The van der Waals surface area contributed by atoms with Gasteiger partial charge in [0.05, 0.1) is 13.0 Å². The molecule has 5 nitrogen and oxygen atoms in total. The highest BCUT2D eigenvalue weighted by Gasteiger charge is 2.25. The van der Waals surface area contributed by atoms with Crippen LogP contribution in [-0.4, -0.2) is 44.0 Å². The first kappa shape index (κ1) is 17.9. The molecule has 0 aromatic heterocycles. The summed E-state index contributed by atoms with van der Waals surface area (Å²) in [4.78, 5) is 24.9. The number of amides is 1. The Morgan fingerprint density at radius 3 is 2.32 bits per heavy atom. The number of carbonyl (C=O) groups is 2. The van der Waals surface area contributed by atoms with Gasteiger partial charge in [-0.05, 0) is 18.3 Å². The van der Waals surface area contributed by atoms with Gasteiger partial charge in [-0.1, -0.05) is 20.8 Å². The molecule has 0 aromatic rings. The van der Waals surface area contributed by atoms with E-state index < -0.39 is 0 Å². The van der Waals surface area contributed by atoms with Crippen LogP contribution in [0.3, 0.4) is 0 Å². The highest BCUT2D eigenvalue weighted by molar-refractivity contribution is 5.79. The van der Waals surface area contributed by atoms with Gasteiger partial charge in [-0.25, -0.2) is 0 Å². The molecule has 0 aliphatic rings. The van der Waals surface area contributed by atoms with Crippen LogP contribution in [0.5, 0.6) is 0 Å². The van der Waals surface area contributed by atoms with Crippen molar-refractivity contribution in [3.05, 3.63) is 0 Å². The lowest BCUT2D eigenvalue weighted by Gasteiger charge is -2.28. The van der Waals surface area contributed by atoms with Crippen molar-refractivity contribution < 1.29 is 14.3 Å². The fourth-order valence-corrected chi connectivity index (χ4v) is 2.00. The van der Waals surface area contributed by atoms with E-state index in [-0.39, 0.29) is 23.2 Å². The van der Waals surface area contributed by atoms with E-state index in [0.29, 0.717) is 25.9 Å². The van der Waals surface area contributed by atoms with Gasteiger partial charge in [-0.15, -0.1) is 0 Å². The van der Waals surface area contributed by atoms with Crippen LogP contribution < -0.4 is 5.73 Å². The zero-order valence-corrected chi connectivity index (χ0v) is 12.9. The maximum atomic E-state index is 12.2. The summed E-state index contributed by atoms with van der Waals surface area (Å²) in [5.74, 6) is -0.337. The molecule has 5 heteroatoms. The number of ether oxygens (including phenoxy) is 1. The first-order valence-electron chi connectivity index (χ1n) is 6.73. The number of hydrogen-bond acceptors (Lipinski definition) is 4. The van der Waals surface area contributed by atoms with Gasteiger partial charge in [0.15, 0.2) is 0 Å². The number of nitrogens with zero attached hydrogens (tertiary/aromatic N) is 1. The predicted octanol–water partition coefficient (Wildman–Crippen LogP) is 1.41. The molecular weight excluding hydrogens is 244 g/mol. The highest BCUT2D eigenvalue weighted by Crippen LogP contribution is 2.25. The van der Waals surface area contributed by atoms with E-state index in [1.807, 2.05) is 0 Å². The van der Waals surface area contributed by atoms with Crippen molar-refractivity contribution in [3.63, 3.8) is 0 Å². The molecule has 19 heavy (non-hydrogen) atoms. The van der Waals surface area contributed by atoms with E-state index in [9.17, 15) is 9.59 Å². The van der Waals surface area contributed by atoms with Crippen molar-refractivity contribution in [1.29, 1.82) is 0 Å². The molecule has 0 spiro atoms. The summed E-state index contributed by atoms with van der Waals surface area (Å²) in [6.45, 7) is 7.20. The zero-order valence-electron chi connectivity index (χ0n) is 12.9. The largest absolute Gasteiger partial charge is 0.469 e. The lowest BCUT2D eigenvalue weighted by atomic mass is 9.84. The van der Waals surface area contributed by atoms with E-state index in [1.54, 1.807) is 11.9 Å². The smallest absolute Gasteiger partial charge is 0.305 e. The van der Waals surface area contributed by atoms with Crippen LogP contribution in [0, 0.1) is 11.3 Å². The van der Waals surface area contributed by atoms with Crippen LogP contribution in [0.2, 0.25) is 0 Å². The second kappa shape index (κ2) is 8.15. The number of methoxy groups -OCH3 is 1. The highest BCUT2D eigenvalue weighted by atomic mass is 16.5. The summed E-state index contributed by atoms with van der Waals surface area (Å²) in [7, 11) is 3.12. The maximum Gasteiger partial charge on any atom is 0.305 e. The molecule has 0 saturated carbocycles. The maximum absolute atomic E-state index is 12.2. The number of carbonyl (C=O) groups excluding carboxylic acids is 2. The number of hydrogen-bond donors (Lipinski definition) is 1. The average molecular weight is 272 g/mol. The Balaban J connectivity index is 4.25. The molecule has 0 aromatic carbocycles. The van der Waals surface area contributed by atoms with Gasteiger partial charge in [0.2, 0.25) is 5.91 Å². The molecular formula is C14H28N2O3. The Hall–Kier alpha value is -1.10. The van der Waals surface area contributed by atoms with Crippen molar-refractivity contribution in [3.8, 4) is 0 Å². The third-order valence-electron chi connectivity index (χ3n) is 2.97. The zero-order chi connectivity index (χ0) is 15.1. The third kappa shape index (κ3) is 7.82. The van der Waals surface area contributed by atoms with E-state index in [0.717, 1.165) is 6.42 Å². The Labute approximate surface area is 116 Å². The van der Waals surface area contributed by atoms with Gasteiger partial charge in [0.25, 0.3) is 0 Å². The van der Waals surface area contributed by atoms with E-state index >= 15 is 0 Å². The monoisotopic (exact) mass is 272 g/mol. The van der Waals surface area contributed by atoms with Crippen LogP contribution in [-0.2, 0) is 14.3 Å². The lowest BCUT2D eigenvalue weighted by molar-refractivity contribution is -0.141. The molecule has 2 N–H and O–H groups in total. The Bertz CT molecular complexity index is 298. The topological polar surface area (TPSA) is 72.6 Å². The van der Waals surface area contributed by atoms with Crippen molar-refractivity contribution in [2.45, 2.75) is 40.0 Å². The molecule has 0 heterocycles. The normalized spacial score (nSPS) is 12.9. The summed E-state index contributed by atoms with van der Waals surface area (Å²) in [5.41, 5.74) is 5.77. The second-order valence-electron chi connectivity index (χ2n) is 6.14. The molecule has 0 fully saturated rings. The van der Waals surface area contributed by atoms with E-state index in [1.165, 1.54) is 7.11 Å². The standard InChI is InChI=1S/C14H28N2O3/c1-14(2,3)9-11(10-15)13(18)16(4)8-6-7-12(17)19-5/h11H,6-10,15H2,1-5H3. The Kier molecular flexibility index (Phi) is 7.68. The number of esters is 1. The van der Waals surface area contributed by atoms with Gasteiger partial charge in [-0.3, -0.25) is 9.59 Å². The minimum absolute atomic E-state index is 0.0577. The molecule has 0 aliphatic carbocycles. The summed E-state index contributed by atoms with van der Waals surface area (Å²) < 4.78 is 4.56. The summed E-state index contributed by atoms with van der Waals surface area (Å²) in [5, 5.41) is 0. The van der Waals surface area contributed by atoms with Crippen LogP contribution in [0.15, 0.2) is 0 Å². The summed E-state index contributed by atoms with van der Waals surface area (Å²) in [6.07, 6.45) is 1.71. The minimum atomic E-state index is -0.245.